The highest BCUT2D eigenvalue weighted by Gasteiger charge is 2.25. The quantitative estimate of drug-likeness (QED) is 0.700. The second kappa shape index (κ2) is 7.20. The normalized spacial score (nSPS) is 27.2. The van der Waals surface area contributed by atoms with Gasteiger partial charge in [-0.25, -0.2) is 0 Å². The van der Waals surface area contributed by atoms with Crippen LogP contribution in [0.2, 0.25) is 0 Å². The molecule has 1 rings (SSSR count). The molecule has 3 heteroatoms. The van der Waals surface area contributed by atoms with Crippen molar-refractivity contribution in [3.05, 3.63) is 0 Å². The SMILES string of the molecule is CCC1CCCC(N(CCO)CCO)C1. The van der Waals surface area contributed by atoms with Gasteiger partial charge in [-0.05, 0) is 18.8 Å². The van der Waals surface area contributed by atoms with E-state index in [4.69, 9.17) is 10.2 Å². The first kappa shape index (κ1) is 12.9. The fourth-order valence-electron chi connectivity index (χ4n) is 2.70. The van der Waals surface area contributed by atoms with Crippen LogP contribution in [0.25, 0.3) is 0 Å². The van der Waals surface area contributed by atoms with E-state index in [1.165, 1.54) is 32.1 Å². The third-order valence-electron chi connectivity index (χ3n) is 3.62. The molecule has 2 N–H and O–H groups in total. The first-order valence-electron chi connectivity index (χ1n) is 6.27. The summed E-state index contributed by atoms with van der Waals surface area (Å²) in [4.78, 5) is 2.25. The Bertz CT molecular complexity index is 158. The monoisotopic (exact) mass is 215 g/mol. The van der Waals surface area contributed by atoms with Gasteiger partial charge in [-0.2, -0.15) is 0 Å². The molecule has 15 heavy (non-hydrogen) atoms. The number of aliphatic hydroxyl groups is 2. The van der Waals surface area contributed by atoms with E-state index >= 15 is 0 Å². The molecule has 1 saturated carbocycles. The zero-order valence-electron chi connectivity index (χ0n) is 9.86. The van der Waals surface area contributed by atoms with Gasteiger partial charge in [0.25, 0.3) is 0 Å². The summed E-state index contributed by atoms with van der Waals surface area (Å²) in [6.45, 7) is 4.08. The Morgan fingerprint density at radius 3 is 2.33 bits per heavy atom. The van der Waals surface area contributed by atoms with Gasteiger partial charge in [0.2, 0.25) is 0 Å². The van der Waals surface area contributed by atoms with Gasteiger partial charge in [0.1, 0.15) is 0 Å². The van der Waals surface area contributed by atoms with Crippen molar-refractivity contribution in [2.24, 2.45) is 5.92 Å². The fourth-order valence-corrected chi connectivity index (χ4v) is 2.70. The van der Waals surface area contributed by atoms with Crippen LogP contribution in [0.15, 0.2) is 0 Å². The highest BCUT2D eigenvalue weighted by atomic mass is 16.3. The number of hydrogen-bond acceptors (Lipinski definition) is 3. The summed E-state index contributed by atoms with van der Waals surface area (Å²) in [7, 11) is 0. The van der Waals surface area contributed by atoms with Crippen LogP contribution in [0.1, 0.15) is 39.0 Å². The molecule has 0 aromatic carbocycles. The Kier molecular flexibility index (Phi) is 6.22. The minimum Gasteiger partial charge on any atom is -0.395 e. The highest BCUT2D eigenvalue weighted by molar-refractivity contribution is 4.79. The molecule has 2 atom stereocenters. The van der Waals surface area contributed by atoms with Crippen LogP contribution in [0, 0.1) is 5.92 Å². The molecule has 90 valence electrons. The van der Waals surface area contributed by atoms with E-state index in [-0.39, 0.29) is 13.2 Å². The summed E-state index contributed by atoms with van der Waals surface area (Å²) in [6, 6.07) is 0.586. The topological polar surface area (TPSA) is 43.7 Å². The molecule has 1 aliphatic carbocycles. The molecule has 1 aliphatic rings. The Morgan fingerprint density at radius 1 is 1.13 bits per heavy atom. The molecule has 0 aromatic rings. The van der Waals surface area contributed by atoms with Crippen LogP contribution in [0.5, 0.6) is 0 Å². The fraction of sp³-hybridized carbons (Fsp3) is 1.00. The number of hydrogen-bond donors (Lipinski definition) is 2. The van der Waals surface area contributed by atoms with E-state index in [1.54, 1.807) is 0 Å². The Morgan fingerprint density at radius 2 is 1.80 bits per heavy atom. The highest BCUT2D eigenvalue weighted by Crippen LogP contribution is 2.29. The largest absolute Gasteiger partial charge is 0.395 e. The predicted molar refractivity (Wildman–Crippen MR) is 61.8 cm³/mol. The minimum atomic E-state index is 0.202. The molecule has 0 amide bonds. The van der Waals surface area contributed by atoms with Gasteiger partial charge in [0, 0.05) is 19.1 Å². The van der Waals surface area contributed by atoms with Crippen molar-refractivity contribution in [2.75, 3.05) is 26.3 Å². The smallest absolute Gasteiger partial charge is 0.0558 e. The van der Waals surface area contributed by atoms with Crippen molar-refractivity contribution in [3.8, 4) is 0 Å². The van der Waals surface area contributed by atoms with Crippen LogP contribution < -0.4 is 0 Å². The summed E-state index contributed by atoms with van der Waals surface area (Å²) in [5, 5.41) is 18.0. The molecule has 3 nitrogen and oxygen atoms in total. The molecule has 0 aromatic heterocycles. The zero-order valence-corrected chi connectivity index (χ0v) is 9.86. The first-order chi connectivity index (χ1) is 7.31. The van der Waals surface area contributed by atoms with E-state index in [0.717, 1.165) is 5.92 Å². The summed E-state index contributed by atoms with van der Waals surface area (Å²) < 4.78 is 0. The van der Waals surface area contributed by atoms with E-state index in [1.807, 2.05) is 0 Å². The lowest BCUT2D eigenvalue weighted by Gasteiger charge is -2.36. The Hall–Kier alpha value is -0.120. The molecule has 0 heterocycles. The van der Waals surface area contributed by atoms with Crippen LogP contribution in [0.4, 0.5) is 0 Å². The van der Waals surface area contributed by atoms with E-state index in [2.05, 4.69) is 11.8 Å². The molecule has 0 spiro atoms. The standard InChI is InChI=1S/C12H25NO2/c1-2-11-4-3-5-12(10-11)13(6-8-14)7-9-15/h11-12,14-15H,2-10H2,1H3. The third-order valence-corrected chi connectivity index (χ3v) is 3.62. The van der Waals surface area contributed by atoms with Crippen molar-refractivity contribution in [3.63, 3.8) is 0 Å². The molecule has 2 unspecified atom stereocenters. The first-order valence-corrected chi connectivity index (χ1v) is 6.27. The molecule has 0 radical (unpaired) electrons. The average Bonchev–Trinajstić information content (AvgIpc) is 2.29. The Balaban J connectivity index is 2.42. The molecule has 0 aliphatic heterocycles. The lowest BCUT2D eigenvalue weighted by Crippen LogP contribution is -2.42. The van der Waals surface area contributed by atoms with E-state index in [0.29, 0.717) is 19.1 Å². The summed E-state index contributed by atoms with van der Waals surface area (Å²) >= 11 is 0. The third kappa shape index (κ3) is 4.09. The van der Waals surface area contributed by atoms with Crippen molar-refractivity contribution >= 4 is 0 Å². The van der Waals surface area contributed by atoms with Gasteiger partial charge in [-0.15, -0.1) is 0 Å². The molecule has 1 fully saturated rings. The van der Waals surface area contributed by atoms with Crippen LogP contribution >= 0.6 is 0 Å². The second-order valence-electron chi connectivity index (χ2n) is 4.58. The van der Waals surface area contributed by atoms with E-state index in [9.17, 15) is 0 Å². The van der Waals surface area contributed by atoms with Gasteiger partial charge < -0.3 is 10.2 Å². The minimum absolute atomic E-state index is 0.202. The lowest BCUT2D eigenvalue weighted by atomic mass is 9.83. The van der Waals surface area contributed by atoms with Gasteiger partial charge in [0.15, 0.2) is 0 Å². The number of rotatable bonds is 6. The molecular weight excluding hydrogens is 190 g/mol. The molecular formula is C12H25NO2. The maximum atomic E-state index is 8.99. The summed E-state index contributed by atoms with van der Waals surface area (Å²) in [5.74, 6) is 0.851. The summed E-state index contributed by atoms with van der Waals surface area (Å²) in [6.07, 6.45) is 6.41. The average molecular weight is 215 g/mol. The van der Waals surface area contributed by atoms with Gasteiger partial charge in [-0.3, -0.25) is 4.90 Å². The van der Waals surface area contributed by atoms with Crippen LogP contribution in [-0.4, -0.2) is 47.5 Å². The molecule has 0 bridgehead atoms. The van der Waals surface area contributed by atoms with Crippen molar-refractivity contribution in [1.29, 1.82) is 0 Å². The number of nitrogens with zero attached hydrogens (tertiary/aromatic N) is 1. The van der Waals surface area contributed by atoms with Crippen LogP contribution in [-0.2, 0) is 0 Å². The van der Waals surface area contributed by atoms with Gasteiger partial charge in [-0.1, -0.05) is 26.2 Å². The van der Waals surface area contributed by atoms with Crippen LogP contribution in [0.3, 0.4) is 0 Å². The zero-order chi connectivity index (χ0) is 11.1. The number of aliphatic hydroxyl groups excluding tert-OH is 2. The second-order valence-corrected chi connectivity index (χ2v) is 4.58. The van der Waals surface area contributed by atoms with Crippen molar-refractivity contribution in [2.45, 2.75) is 45.1 Å². The van der Waals surface area contributed by atoms with Gasteiger partial charge in [0.05, 0.1) is 13.2 Å². The summed E-state index contributed by atoms with van der Waals surface area (Å²) in [5.41, 5.74) is 0. The van der Waals surface area contributed by atoms with E-state index < -0.39 is 0 Å². The van der Waals surface area contributed by atoms with Gasteiger partial charge >= 0.3 is 0 Å². The van der Waals surface area contributed by atoms with Crippen molar-refractivity contribution in [1.82, 2.24) is 4.90 Å². The maximum Gasteiger partial charge on any atom is 0.0558 e. The Labute approximate surface area is 93.1 Å². The van der Waals surface area contributed by atoms with Crippen molar-refractivity contribution < 1.29 is 10.2 Å². The molecule has 0 saturated heterocycles. The maximum absolute atomic E-state index is 8.99. The predicted octanol–water partition coefficient (Wildman–Crippen LogP) is 1.24. The lowest BCUT2D eigenvalue weighted by molar-refractivity contribution is 0.0857.